The Morgan fingerprint density at radius 3 is 2.41 bits per heavy atom. The molecule has 29 heavy (non-hydrogen) atoms. The predicted octanol–water partition coefficient (Wildman–Crippen LogP) is 3.83. The predicted molar refractivity (Wildman–Crippen MR) is 112 cm³/mol. The van der Waals surface area contributed by atoms with Gasteiger partial charge in [-0.15, -0.1) is 0 Å². The number of aryl methyl sites for hydroxylation is 1. The van der Waals surface area contributed by atoms with Crippen LogP contribution in [0.5, 0.6) is 11.5 Å². The van der Waals surface area contributed by atoms with Crippen molar-refractivity contribution >= 4 is 16.9 Å². The number of ether oxygens (including phenoxy) is 3. The van der Waals surface area contributed by atoms with Gasteiger partial charge in [-0.1, -0.05) is 12.1 Å². The quantitative estimate of drug-likeness (QED) is 0.654. The SMILES string of the molecule is COc1ccc(COc2ccc3c(=O)c(C)c(N4CCOCC4)oc3c2C)cc1. The first kappa shape index (κ1) is 19.3. The molecular weight excluding hydrogens is 370 g/mol. The first-order chi connectivity index (χ1) is 14.1. The maximum Gasteiger partial charge on any atom is 0.203 e. The van der Waals surface area contributed by atoms with E-state index in [0.717, 1.165) is 16.9 Å². The lowest BCUT2D eigenvalue weighted by atomic mass is 10.1. The highest BCUT2D eigenvalue weighted by Gasteiger charge is 2.21. The van der Waals surface area contributed by atoms with E-state index in [1.807, 2.05) is 44.2 Å². The molecule has 0 N–H and O–H groups in total. The van der Waals surface area contributed by atoms with Crippen LogP contribution in [0.25, 0.3) is 11.0 Å². The van der Waals surface area contributed by atoms with Crippen molar-refractivity contribution in [2.24, 2.45) is 0 Å². The molecule has 0 unspecified atom stereocenters. The van der Waals surface area contributed by atoms with Crippen molar-refractivity contribution in [3.63, 3.8) is 0 Å². The van der Waals surface area contributed by atoms with E-state index >= 15 is 0 Å². The number of anilines is 1. The Hall–Kier alpha value is -2.99. The Kier molecular flexibility index (Phi) is 5.45. The van der Waals surface area contributed by atoms with E-state index in [-0.39, 0.29) is 5.43 Å². The van der Waals surface area contributed by atoms with Crippen LogP contribution in [0.2, 0.25) is 0 Å². The first-order valence-electron chi connectivity index (χ1n) is 9.74. The number of hydrogen-bond donors (Lipinski definition) is 0. The number of hydrogen-bond acceptors (Lipinski definition) is 6. The van der Waals surface area contributed by atoms with E-state index in [0.29, 0.717) is 61.1 Å². The summed E-state index contributed by atoms with van der Waals surface area (Å²) in [4.78, 5) is 15.0. The molecule has 6 nitrogen and oxygen atoms in total. The van der Waals surface area contributed by atoms with Gasteiger partial charge in [-0.05, 0) is 43.7 Å². The average Bonchev–Trinajstić information content (AvgIpc) is 2.77. The van der Waals surface area contributed by atoms with Crippen LogP contribution in [0.3, 0.4) is 0 Å². The van der Waals surface area contributed by atoms with Gasteiger partial charge in [0.2, 0.25) is 5.88 Å². The number of rotatable bonds is 5. The molecule has 1 aliphatic rings. The van der Waals surface area contributed by atoms with Crippen molar-refractivity contribution < 1.29 is 18.6 Å². The average molecular weight is 395 g/mol. The molecule has 1 aliphatic heterocycles. The Morgan fingerprint density at radius 1 is 1.00 bits per heavy atom. The fourth-order valence-corrected chi connectivity index (χ4v) is 3.56. The lowest BCUT2D eigenvalue weighted by Crippen LogP contribution is -2.37. The summed E-state index contributed by atoms with van der Waals surface area (Å²) in [6, 6.07) is 11.4. The highest BCUT2D eigenvalue weighted by molar-refractivity contribution is 5.84. The molecule has 0 saturated carbocycles. The molecule has 0 amide bonds. The molecular formula is C23H25NO5. The van der Waals surface area contributed by atoms with Crippen LogP contribution in [0.15, 0.2) is 45.6 Å². The van der Waals surface area contributed by atoms with E-state index in [2.05, 4.69) is 4.90 Å². The number of benzene rings is 2. The second kappa shape index (κ2) is 8.17. The van der Waals surface area contributed by atoms with Gasteiger partial charge in [0.1, 0.15) is 23.7 Å². The Balaban J connectivity index is 1.66. The van der Waals surface area contributed by atoms with Crippen molar-refractivity contribution in [1.82, 2.24) is 0 Å². The largest absolute Gasteiger partial charge is 0.497 e. The van der Waals surface area contributed by atoms with E-state index in [1.165, 1.54) is 0 Å². The molecule has 1 saturated heterocycles. The third-order valence-corrected chi connectivity index (χ3v) is 5.31. The highest BCUT2D eigenvalue weighted by Crippen LogP contribution is 2.31. The number of morpholine rings is 1. The molecule has 6 heteroatoms. The van der Waals surface area contributed by atoms with Crippen molar-refractivity contribution in [1.29, 1.82) is 0 Å². The van der Waals surface area contributed by atoms with Crippen LogP contribution in [0.1, 0.15) is 16.7 Å². The van der Waals surface area contributed by atoms with Gasteiger partial charge in [0.25, 0.3) is 0 Å². The summed E-state index contributed by atoms with van der Waals surface area (Å²) in [5.74, 6) is 2.14. The molecule has 0 bridgehead atoms. The summed E-state index contributed by atoms with van der Waals surface area (Å²) in [5, 5.41) is 0.578. The van der Waals surface area contributed by atoms with Gasteiger partial charge in [-0.25, -0.2) is 0 Å². The van der Waals surface area contributed by atoms with Crippen LogP contribution < -0.4 is 19.8 Å². The van der Waals surface area contributed by atoms with Gasteiger partial charge in [-0.3, -0.25) is 4.79 Å². The van der Waals surface area contributed by atoms with Gasteiger partial charge < -0.3 is 23.5 Å². The van der Waals surface area contributed by atoms with E-state index in [1.54, 1.807) is 13.2 Å². The second-order valence-electron chi connectivity index (χ2n) is 7.16. The minimum atomic E-state index is -0.00227. The van der Waals surface area contributed by atoms with Gasteiger partial charge >= 0.3 is 0 Å². The summed E-state index contributed by atoms with van der Waals surface area (Å²) >= 11 is 0. The number of nitrogens with zero attached hydrogens (tertiary/aromatic N) is 1. The fourth-order valence-electron chi connectivity index (χ4n) is 3.56. The highest BCUT2D eigenvalue weighted by atomic mass is 16.5. The molecule has 1 fully saturated rings. The van der Waals surface area contributed by atoms with E-state index in [4.69, 9.17) is 18.6 Å². The maximum absolute atomic E-state index is 12.9. The maximum atomic E-state index is 12.9. The molecule has 1 aromatic heterocycles. The van der Waals surface area contributed by atoms with Crippen LogP contribution in [0, 0.1) is 13.8 Å². The molecule has 152 valence electrons. The number of methoxy groups -OCH3 is 1. The third kappa shape index (κ3) is 3.80. The molecule has 0 aliphatic carbocycles. The normalized spacial score (nSPS) is 14.2. The van der Waals surface area contributed by atoms with Crippen molar-refractivity contribution in [3.8, 4) is 11.5 Å². The van der Waals surface area contributed by atoms with Crippen LogP contribution in [-0.4, -0.2) is 33.4 Å². The second-order valence-corrected chi connectivity index (χ2v) is 7.16. The topological polar surface area (TPSA) is 61.1 Å². The Labute approximate surface area is 169 Å². The molecule has 3 aromatic rings. The van der Waals surface area contributed by atoms with Crippen LogP contribution >= 0.6 is 0 Å². The lowest BCUT2D eigenvalue weighted by Gasteiger charge is -2.28. The molecule has 2 aromatic carbocycles. The molecule has 0 atom stereocenters. The zero-order valence-corrected chi connectivity index (χ0v) is 17.0. The summed E-state index contributed by atoms with van der Waals surface area (Å²) in [6.07, 6.45) is 0. The molecule has 0 spiro atoms. The zero-order valence-electron chi connectivity index (χ0n) is 17.0. The standard InChI is InChI=1S/C23H25NO5/c1-15-20(28-14-17-4-6-18(26-3)7-5-17)9-8-19-21(25)16(2)23(29-22(15)19)24-10-12-27-13-11-24/h4-9H,10-14H2,1-3H3. The third-order valence-electron chi connectivity index (χ3n) is 5.31. The van der Waals surface area contributed by atoms with E-state index < -0.39 is 0 Å². The van der Waals surface area contributed by atoms with Crippen molar-refractivity contribution in [2.75, 3.05) is 38.3 Å². The lowest BCUT2D eigenvalue weighted by molar-refractivity contribution is 0.120. The van der Waals surface area contributed by atoms with Crippen molar-refractivity contribution in [2.45, 2.75) is 20.5 Å². The number of fused-ring (bicyclic) bond motifs is 1. The van der Waals surface area contributed by atoms with E-state index in [9.17, 15) is 4.79 Å². The minimum absolute atomic E-state index is 0.00227. The smallest absolute Gasteiger partial charge is 0.203 e. The monoisotopic (exact) mass is 395 g/mol. The van der Waals surface area contributed by atoms with Crippen LogP contribution in [0.4, 0.5) is 5.88 Å². The summed E-state index contributed by atoms with van der Waals surface area (Å²) in [5.41, 5.74) is 3.06. The van der Waals surface area contributed by atoms with Crippen LogP contribution in [-0.2, 0) is 11.3 Å². The molecule has 4 rings (SSSR count). The summed E-state index contributed by atoms with van der Waals surface area (Å²) in [6.45, 7) is 6.84. The fraction of sp³-hybridized carbons (Fsp3) is 0.348. The molecule has 2 heterocycles. The zero-order chi connectivity index (χ0) is 20.4. The van der Waals surface area contributed by atoms with Gasteiger partial charge in [0.05, 0.1) is 31.3 Å². The van der Waals surface area contributed by atoms with Gasteiger partial charge in [-0.2, -0.15) is 0 Å². The summed E-state index contributed by atoms with van der Waals surface area (Å²) in [7, 11) is 1.64. The summed E-state index contributed by atoms with van der Waals surface area (Å²) < 4.78 is 22.9. The van der Waals surface area contributed by atoms with Crippen molar-refractivity contribution in [3.05, 3.63) is 63.3 Å². The van der Waals surface area contributed by atoms with Gasteiger partial charge in [0.15, 0.2) is 5.43 Å². The Morgan fingerprint density at radius 2 is 1.72 bits per heavy atom. The first-order valence-corrected chi connectivity index (χ1v) is 9.74. The molecule has 0 radical (unpaired) electrons. The van der Waals surface area contributed by atoms with Gasteiger partial charge in [0, 0.05) is 18.7 Å². The minimum Gasteiger partial charge on any atom is -0.497 e. The Bertz CT molecular complexity index is 1070.